The molecule has 0 aliphatic rings. The van der Waals surface area contributed by atoms with E-state index in [1.165, 1.54) is 16.8 Å². The van der Waals surface area contributed by atoms with Gasteiger partial charge in [0.2, 0.25) is 0 Å². The molecule has 0 bridgehead atoms. The molecule has 0 atom stereocenters. The van der Waals surface area contributed by atoms with Crippen molar-refractivity contribution in [2.45, 2.75) is 0 Å². The topological polar surface area (TPSA) is 68.2 Å². The zero-order valence-corrected chi connectivity index (χ0v) is 15.5. The van der Waals surface area contributed by atoms with E-state index in [1.54, 1.807) is 25.4 Å². The fourth-order valence-corrected chi connectivity index (χ4v) is 2.33. The van der Waals surface area contributed by atoms with Crippen LogP contribution >= 0.6 is 28.3 Å². The van der Waals surface area contributed by atoms with Crippen LogP contribution in [0.2, 0.25) is 0 Å². The van der Waals surface area contributed by atoms with Crippen molar-refractivity contribution >= 4 is 34.2 Å². The molecule has 0 aliphatic heterocycles. The van der Waals surface area contributed by atoms with E-state index in [-0.39, 0.29) is 29.8 Å². The number of nitrogens with zero attached hydrogens (tertiary/aromatic N) is 2. The largest absolute Gasteiger partial charge is 0.383 e. The molecule has 1 aromatic carbocycles. The Morgan fingerprint density at radius 1 is 1.29 bits per heavy atom. The number of carbonyl (C=O) groups excluding carboxylic acids is 1. The number of carbonyl (C=O) groups is 1. The van der Waals surface area contributed by atoms with Crippen molar-refractivity contribution in [1.82, 2.24) is 20.4 Å². The number of aromatic nitrogens is 2. The lowest BCUT2D eigenvalue weighted by Crippen LogP contribution is -2.33. The maximum absolute atomic E-state index is 12.9. The Bertz CT molecular complexity index is 651. The highest BCUT2D eigenvalue weighted by Gasteiger charge is 2.15. The number of amides is 1. The normalized spacial score (nSPS) is 10.3. The standard InChI is InChI=1S/C15H18BrFN4O2.ClH/c1-23-9-8-18-6-7-19-15(22)14-13(16)10-21(20-14)12-4-2-11(17)3-5-12;/h2-5,10,18H,6-9H2,1H3,(H,19,22);1H. The van der Waals surface area contributed by atoms with Gasteiger partial charge in [-0.1, -0.05) is 0 Å². The maximum atomic E-state index is 12.9. The van der Waals surface area contributed by atoms with Crippen LogP contribution in [-0.2, 0) is 4.74 Å². The fourth-order valence-electron chi connectivity index (χ4n) is 1.88. The highest BCUT2D eigenvalue weighted by molar-refractivity contribution is 9.10. The summed E-state index contributed by atoms with van der Waals surface area (Å²) in [5.74, 6) is -0.592. The summed E-state index contributed by atoms with van der Waals surface area (Å²) < 4.78 is 20.0. The lowest BCUT2D eigenvalue weighted by molar-refractivity contribution is 0.0947. The zero-order valence-electron chi connectivity index (χ0n) is 13.1. The van der Waals surface area contributed by atoms with Crippen molar-refractivity contribution in [2.75, 3.05) is 33.4 Å². The molecular weight excluding hydrogens is 403 g/mol. The van der Waals surface area contributed by atoms with E-state index in [4.69, 9.17) is 4.74 Å². The summed E-state index contributed by atoms with van der Waals surface area (Å²) in [5, 5.41) is 10.1. The molecule has 24 heavy (non-hydrogen) atoms. The molecule has 0 radical (unpaired) electrons. The molecule has 1 aromatic heterocycles. The van der Waals surface area contributed by atoms with E-state index in [0.717, 1.165) is 6.54 Å². The van der Waals surface area contributed by atoms with E-state index in [9.17, 15) is 9.18 Å². The number of halogens is 3. The van der Waals surface area contributed by atoms with Gasteiger partial charge in [-0.05, 0) is 40.2 Å². The van der Waals surface area contributed by atoms with Gasteiger partial charge in [-0.2, -0.15) is 5.10 Å². The molecule has 2 N–H and O–H groups in total. The van der Waals surface area contributed by atoms with Crippen LogP contribution in [0.1, 0.15) is 10.5 Å². The van der Waals surface area contributed by atoms with Crippen molar-refractivity contribution in [1.29, 1.82) is 0 Å². The van der Waals surface area contributed by atoms with Crippen LogP contribution in [0.4, 0.5) is 4.39 Å². The third kappa shape index (κ3) is 5.86. The summed E-state index contributed by atoms with van der Waals surface area (Å²) in [4.78, 5) is 12.1. The second kappa shape index (κ2) is 10.4. The molecule has 0 saturated carbocycles. The SMILES string of the molecule is COCCNCCNC(=O)c1nn(-c2ccc(F)cc2)cc1Br.Cl. The van der Waals surface area contributed by atoms with Crippen LogP contribution in [0.25, 0.3) is 5.69 Å². The lowest BCUT2D eigenvalue weighted by Gasteiger charge is -2.05. The molecular formula is C15H19BrClFN4O2. The van der Waals surface area contributed by atoms with E-state index >= 15 is 0 Å². The fraction of sp³-hybridized carbons (Fsp3) is 0.333. The third-order valence-electron chi connectivity index (χ3n) is 3.05. The van der Waals surface area contributed by atoms with Crippen LogP contribution < -0.4 is 10.6 Å². The average molecular weight is 422 g/mol. The van der Waals surface area contributed by atoms with Crippen molar-refractivity contribution < 1.29 is 13.9 Å². The highest BCUT2D eigenvalue weighted by atomic mass is 79.9. The van der Waals surface area contributed by atoms with Crippen LogP contribution in [0.5, 0.6) is 0 Å². The van der Waals surface area contributed by atoms with Gasteiger partial charge in [-0.25, -0.2) is 9.07 Å². The molecule has 2 aromatic rings. The zero-order chi connectivity index (χ0) is 16.7. The number of methoxy groups -OCH3 is 1. The Hall–Kier alpha value is -1.48. The minimum absolute atomic E-state index is 0. The second-order valence-corrected chi connectivity index (χ2v) is 5.60. The van der Waals surface area contributed by atoms with Crippen molar-refractivity contribution in [3.63, 3.8) is 0 Å². The van der Waals surface area contributed by atoms with Gasteiger partial charge in [0.1, 0.15) is 5.82 Å². The first kappa shape index (κ1) is 20.6. The van der Waals surface area contributed by atoms with Crippen LogP contribution in [0, 0.1) is 5.82 Å². The van der Waals surface area contributed by atoms with Crippen molar-refractivity contribution in [2.24, 2.45) is 0 Å². The third-order valence-corrected chi connectivity index (χ3v) is 3.63. The number of nitrogens with one attached hydrogen (secondary N) is 2. The first-order valence-corrected chi connectivity index (χ1v) is 7.90. The predicted octanol–water partition coefficient (Wildman–Crippen LogP) is 2.16. The Balaban J connectivity index is 0.00000288. The van der Waals surface area contributed by atoms with Gasteiger partial charge in [0.05, 0.1) is 16.8 Å². The predicted molar refractivity (Wildman–Crippen MR) is 95.5 cm³/mol. The molecule has 6 nitrogen and oxygen atoms in total. The van der Waals surface area contributed by atoms with Crippen molar-refractivity contribution in [3.05, 3.63) is 46.4 Å². The van der Waals surface area contributed by atoms with E-state index in [1.807, 2.05) is 0 Å². The minimum atomic E-state index is -0.320. The Labute approximate surface area is 154 Å². The molecule has 9 heteroatoms. The van der Waals surface area contributed by atoms with Gasteiger partial charge in [0.15, 0.2) is 5.69 Å². The quantitative estimate of drug-likeness (QED) is 0.641. The monoisotopic (exact) mass is 420 g/mol. The molecule has 2 rings (SSSR count). The smallest absolute Gasteiger partial charge is 0.273 e. The first-order chi connectivity index (χ1) is 11.1. The molecule has 1 heterocycles. The van der Waals surface area contributed by atoms with Crippen LogP contribution in [0.15, 0.2) is 34.9 Å². The number of benzene rings is 1. The molecule has 1 amide bonds. The summed E-state index contributed by atoms with van der Waals surface area (Å²) in [5.41, 5.74) is 0.957. The van der Waals surface area contributed by atoms with Gasteiger partial charge in [-0.3, -0.25) is 4.79 Å². The number of rotatable bonds is 8. The Morgan fingerprint density at radius 3 is 2.67 bits per heavy atom. The van der Waals surface area contributed by atoms with Crippen LogP contribution in [0.3, 0.4) is 0 Å². The maximum Gasteiger partial charge on any atom is 0.273 e. The first-order valence-electron chi connectivity index (χ1n) is 7.11. The second-order valence-electron chi connectivity index (χ2n) is 4.75. The Kier molecular flexibility index (Phi) is 8.91. The summed E-state index contributed by atoms with van der Waals surface area (Å²) in [6.07, 6.45) is 1.67. The van der Waals surface area contributed by atoms with Gasteiger partial charge in [0, 0.05) is 32.9 Å². The summed E-state index contributed by atoms with van der Waals surface area (Å²) >= 11 is 3.32. The average Bonchev–Trinajstić information content (AvgIpc) is 2.93. The van der Waals surface area contributed by atoms with E-state index in [0.29, 0.717) is 29.9 Å². The van der Waals surface area contributed by atoms with Crippen molar-refractivity contribution in [3.8, 4) is 5.69 Å². The number of ether oxygens (including phenoxy) is 1. The Morgan fingerprint density at radius 2 is 2.00 bits per heavy atom. The lowest BCUT2D eigenvalue weighted by atomic mass is 10.3. The molecule has 0 aliphatic carbocycles. The van der Waals surface area contributed by atoms with Gasteiger partial charge < -0.3 is 15.4 Å². The summed E-state index contributed by atoms with van der Waals surface area (Å²) in [6, 6.07) is 5.87. The number of hydrogen-bond donors (Lipinski definition) is 2. The number of hydrogen-bond acceptors (Lipinski definition) is 4. The van der Waals surface area contributed by atoms with Gasteiger partial charge >= 0.3 is 0 Å². The summed E-state index contributed by atoms with van der Waals surface area (Å²) in [7, 11) is 1.64. The van der Waals surface area contributed by atoms with Gasteiger partial charge in [-0.15, -0.1) is 12.4 Å². The highest BCUT2D eigenvalue weighted by Crippen LogP contribution is 2.18. The molecule has 0 spiro atoms. The minimum Gasteiger partial charge on any atom is -0.383 e. The van der Waals surface area contributed by atoms with E-state index in [2.05, 4.69) is 31.7 Å². The molecule has 0 unspecified atom stereocenters. The van der Waals surface area contributed by atoms with E-state index < -0.39 is 0 Å². The molecule has 0 fully saturated rings. The summed E-state index contributed by atoms with van der Waals surface area (Å²) in [6.45, 7) is 2.49. The van der Waals surface area contributed by atoms with Crippen LogP contribution in [-0.4, -0.2) is 49.0 Å². The molecule has 132 valence electrons. The van der Waals surface area contributed by atoms with Gasteiger partial charge in [0.25, 0.3) is 5.91 Å². The molecule has 0 saturated heterocycles.